The van der Waals surface area contributed by atoms with Crippen LogP contribution in [0.25, 0.3) is 0 Å². The molecule has 24 heavy (non-hydrogen) atoms. The van der Waals surface area contributed by atoms with Gasteiger partial charge < -0.3 is 10.6 Å². The molecular weight excluding hydrogens is 320 g/mol. The Labute approximate surface area is 147 Å². The van der Waals surface area contributed by atoms with Crippen molar-refractivity contribution < 1.29 is 9.59 Å². The van der Waals surface area contributed by atoms with E-state index >= 15 is 0 Å². The van der Waals surface area contributed by atoms with Crippen molar-refractivity contribution in [2.75, 3.05) is 12.3 Å². The predicted octanol–water partition coefficient (Wildman–Crippen LogP) is 2.66. The first-order valence-corrected chi connectivity index (χ1v) is 8.99. The Bertz CT molecular complexity index is 657. The Morgan fingerprint density at radius 1 is 0.875 bits per heavy atom. The Balaban J connectivity index is 1.58. The van der Waals surface area contributed by atoms with E-state index < -0.39 is 0 Å². The molecule has 0 bridgehead atoms. The Kier molecular flexibility index (Phi) is 7.36. The second kappa shape index (κ2) is 9.78. The largest absolute Gasteiger partial charge is 0.350 e. The molecule has 0 aromatic heterocycles. The topological polar surface area (TPSA) is 58.2 Å². The molecule has 0 saturated carbocycles. The van der Waals surface area contributed by atoms with Crippen LogP contribution in [0.3, 0.4) is 0 Å². The van der Waals surface area contributed by atoms with Gasteiger partial charge in [-0.05, 0) is 18.1 Å². The van der Waals surface area contributed by atoms with Gasteiger partial charge in [0.15, 0.2) is 0 Å². The molecule has 2 amide bonds. The molecule has 126 valence electrons. The molecule has 0 saturated heterocycles. The summed E-state index contributed by atoms with van der Waals surface area (Å²) in [7, 11) is 0. The third-order valence-electron chi connectivity index (χ3n) is 3.40. The van der Waals surface area contributed by atoms with Gasteiger partial charge in [-0.3, -0.25) is 9.59 Å². The summed E-state index contributed by atoms with van der Waals surface area (Å²) in [4.78, 5) is 23.5. The molecule has 4 nitrogen and oxygen atoms in total. The van der Waals surface area contributed by atoms with Gasteiger partial charge in [-0.25, -0.2) is 0 Å². The fraction of sp³-hybridized carbons (Fsp3) is 0.263. The summed E-state index contributed by atoms with van der Waals surface area (Å²) < 4.78 is 0. The second-order valence-electron chi connectivity index (χ2n) is 5.52. The molecule has 0 fully saturated rings. The van der Waals surface area contributed by atoms with E-state index in [1.165, 1.54) is 22.9 Å². The maximum Gasteiger partial charge on any atom is 0.239 e. The van der Waals surface area contributed by atoms with E-state index in [2.05, 4.69) is 34.9 Å². The molecule has 5 heteroatoms. The lowest BCUT2D eigenvalue weighted by molar-refractivity contribution is -0.124. The Morgan fingerprint density at radius 2 is 1.58 bits per heavy atom. The van der Waals surface area contributed by atoms with Gasteiger partial charge in [-0.15, -0.1) is 11.8 Å². The summed E-state index contributed by atoms with van der Waals surface area (Å²) in [6.45, 7) is 2.53. The molecular formula is C19H22N2O2S. The van der Waals surface area contributed by atoms with Crippen LogP contribution in [0.4, 0.5) is 0 Å². The summed E-state index contributed by atoms with van der Waals surface area (Å²) in [5, 5.41) is 5.42. The molecule has 2 N–H and O–H groups in total. The third kappa shape index (κ3) is 6.87. The van der Waals surface area contributed by atoms with Crippen LogP contribution in [-0.2, 0) is 21.9 Å². The van der Waals surface area contributed by atoms with Crippen LogP contribution in [0.2, 0.25) is 0 Å². The molecule has 2 rings (SSSR count). The average molecular weight is 342 g/mol. The van der Waals surface area contributed by atoms with E-state index in [9.17, 15) is 9.59 Å². The Hall–Kier alpha value is -2.27. The van der Waals surface area contributed by atoms with Gasteiger partial charge in [0.05, 0.1) is 12.3 Å². The summed E-state index contributed by atoms with van der Waals surface area (Å²) in [5.41, 5.74) is 3.45. The zero-order chi connectivity index (χ0) is 17.2. The molecule has 0 aliphatic carbocycles. The van der Waals surface area contributed by atoms with Crippen molar-refractivity contribution in [1.82, 2.24) is 10.6 Å². The number of carbonyl (C=O) groups is 2. The van der Waals surface area contributed by atoms with Crippen molar-refractivity contribution in [3.8, 4) is 0 Å². The second-order valence-corrected chi connectivity index (χ2v) is 6.50. The van der Waals surface area contributed by atoms with Gasteiger partial charge in [-0.1, -0.05) is 60.2 Å². The lowest BCUT2D eigenvalue weighted by Crippen LogP contribution is -2.37. The van der Waals surface area contributed by atoms with Crippen LogP contribution in [0.15, 0.2) is 54.6 Å². The van der Waals surface area contributed by atoms with Gasteiger partial charge in [0.2, 0.25) is 11.8 Å². The normalized spacial score (nSPS) is 10.2. The van der Waals surface area contributed by atoms with Crippen molar-refractivity contribution in [1.29, 1.82) is 0 Å². The van der Waals surface area contributed by atoms with Gasteiger partial charge in [-0.2, -0.15) is 0 Å². The number of aryl methyl sites for hydroxylation is 1. The van der Waals surface area contributed by atoms with Crippen molar-refractivity contribution in [2.24, 2.45) is 0 Å². The van der Waals surface area contributed by atoms with Crippen LogP contribution in [0, 0.1) is 6.92 Å². The zero-order valence-corrected chi connectivity index (χ0v) is 14.6. The van der Waals surface area contributed by atoms with Crippen molar-refractivity contribution in [3.05, 3.63) is 71.3 Å². The van der Waals surface area contributed by atoms with E-state index in [0.29, 0.717) is 12.3 Å². The highest BCUT2D eigenvalue weighted by molar-refractivity contribution is 7.99. The number of hydrogen-bond donors (Lipinski definition) is 2. The molecule has 0 aliphatic rings. The first kappa shape index (κ1) is 18.1. The maximum atomic E-state index is 11.8. The molecule has 0 unspecified atom stereocenters. The maximum absolute atomic E-state index is 11.8. The van der Waals surface area contributed by atoms with Gasteiger partial charge in [0.1, 0.15) is 0 Å². The number of amides is 2. The highest BCUT2D eigenvalue weighted by Crippen LogP contribution is 2.12. The van der Waals surface area contributed by atoms with Crippen molar-refractivity contribution in [3.63, 3.8) is 0 Å². The minimum atomic E-state index is -0.185. The van der Waals surface area contributed by atoms with Crippen molar-refractivity contribution >= 4 is 23.6 Å². The molecule has 0 atom stereocenters. The first-order valence-electron chi connectivity index (χ1n) is 7.84. The first-order chi connectivity index (χ1) is 11.6. The van der Waals surface area contributed by atoms with Crippen LogP contribution in [0.5, 0.6) is 0 Å². The molecule has 0 radical (unpaired) electrons. The average Bonchev–Trinajstić information content (AvgIpc) is 2.61. The third-order valence-corrected chi connectivity index (χ3v) is 4.40. The summed E-state index contributed by atoms with van der Waals surface area (Å²) in [6.07, 6.45) is 0. The zero-order valence-electron chi connectivity index (χ0n) is 13.7. The van der Waals surface area contributed by atoms with Gasteiger partial charge in [0.25, 0.3) is 0 Å². The highest BCUT2D eigenvalue weighted by Gasteiger charge is 2.06. The van der Waals surface area contributed by atoms with Crippen molar-refractivity contribution in [2.45, 2.75) is 19.2 Å². The minimum Gasteiger partial charge on any atom is -0.350 e. The summed E-state index contributed by atoms with van der Waals surface area (Å²) in [6, 6.07) is 17.9. The lowest BCUT2D eigenvalue weighted by atomic mass is 10.2. The van der Waals surface area contributed by atoms with E-state index in [-0.39, 0.29) is 18.4 Å². The number of benzene rings is 2. The minimum absolute atomic E-state index is 0.0107. The smallest absolute Gasteiger partial charge is 0.239 e. The van der Waals surface area contributed by atoms with E-state index in [1.807, 2.05) is 37.3 Å². The number of rotatable bonds is 8. The fourth-order valence-electron chi connectivity index (χ4n) is 2.03. The van der Waals surface area contributed by atoms with Crippen LogP contribution in [-0.4, -0.2) is 24.1 Å². The SMILES string of the molecule is Cc1ccc(CSCC(=O)NCC(=O)NCc2ccccc2)cc1. The summed E-state index contributed by atoms with van der Waals surface area (Å²) >= 11 is 1.54. The van der Waals surface area contributed by atoms with E-state index in [1.54, 1.807) is 0 Å². The van der Waals surface area contributed by atoms with E-state index in [4.69, 9.17) is 0 Å². The summed E-state index contributed by atoms with van der Waals surface area (Å²) in [5.74, 6) is 0.825. The number of hydrogen-bond acceptors (Lipinski definition) is 3. The highest BCUT2D eigenvalue weighted by atomic mass is 32.2. The fourth-order valence-corrected chi connectivity index (χ4v) is 2.85. The van der Waals surface area contributed by atoms with Crippen LogP contribution >= 0.6 is 11.8 Å². The van der Waals surface area contributed by atoms with Crippen LogP contribution < -0.4 is 10.6 Å². The predicted molar refractivity (Wildman–Crippen MR) is 98.6 cm³/mol. The standard InChI is InChI=1S/C19H22N2O2S/c1-15-7-9-17(10-8-15)13-24-14-19(23)21-12-18(22)20-11-16-5-3-2-4-6-16/h2-10H,11-14H2,1H3,(H,20,22)(H,21,23). The van der Waals surface area contributed by atoms with E-state index in [0.717, 1.165) is 11.3 Å². The van der Waals surface area contributed by atoms with Crippen LogP contribution in [0.1, 0.15) is 16.7 Å². The number of thioether (sulfide) groups is 1. The molecule has 0 spiro atoms. The van der Waals surface area contributed by atoms with Gasteiger partial charge in [0, 0.05) is 12.3 Å². The monoisotopic (exact) mass is 342 g/mol. The Morgan fingerprint density at radius 3 is 2.29 bits per heavy atom. The molecule has 2 aromatic carbocycles. The molecule has 0 aliphatic heterocycles. The van der Waals surface area contributed by atoms with Gasteiger partial charge >= 0.3 is 0 Å². The lowest BCUT2D eigenvalue weighted by Gasteiger charge is -2.07. The molecule has 2 aromatic rings. The molecule has 0 heterocycles. The number of nitrogens with one attached hydrogen (secondary N) is 2. The quantitative estimate of drug-likeness (QED) is 0.775. The number of carbonyl (C=O) groups excluding carboxylic acids is 2.